The summed E-state index contributed by atoms with van der Waals surface area (Å²) in [6.07, 6.45) is 9.18. The molecule has 0 N–H and O–H groups in total. The van der Waals surface area contributed by atoms with Crippen molar-refractivity contribution in [2.24, 2.45) is 5.92 Å². The average molecular weight is 116 g/mol. The van der Waals surface area contributed by atoms with Crippen LogP contribution >= 0.6 is 0 Å². The molecule has 1 heteroatoms. The molecule has 0 aliphatic heterocycles. The van der Waals surface area contributed by atoms with Gasteiger partial charge in [0.1, 0.15) is 0 Å². The molecule has 0 radical (unpaired) electrons. The van der Waals surface area contributed by atoms with Crippen LogP contribution in [-0.2, 0) is 0 Å². The van der Waals surface area contributed by atoms with E-state index in [1.807, 2.05) is 0 Å². The summed E-state index contributed by atoms with van der Waals surface area (Å²) in [5, 5.41) is 0. The summed E-state index contributed by atoms with van der Waals surface area (Å²) < 4.78 is 0.795. The van der Waals surface area contributed by atoms with Crippen molar-refractivity contribution in [3.05, 3.63) is 0 Å². The number of hydrogen-bond donors (Lipinski definition) is 0. The Kier molecular flexibility index (Phi) is 1.43. The van der Waals surface area contributed by atoms with Crippen LogP contribution in [0.25, 0.3) is 0 Å². The van der Waals surface area contributed by atoms with Gasteiger partial charge in [0.25, 0.3) is 0 Å². The third-order valence-electron chi connectivity index (χ3n) is 3.33. The molecule has 0 heterocycles. The molecule has 0 amide bonds. The van der Waals surface area contributed by atoms with Crippen LogP contribution < -0.4 is 0 Å². The number of fused-ring (bicyclic) bond motifs is 2. The van der Waals surface area contributed by atoms with E-state index >= 15 is 0 Å². The van der Waals surface area contributed by atoms with Crippen LogP contribution in [0.3, 0.4) is 0 Å². The summed E-state index contributed by atoms with van der Waals surface area (Å²) in [6.45, 7) is 0. The van der Waals surface area contributed by atoms with Crippen molar-refractivity contribution in [1.82, 2.24) is 0 Å². The fraction of sp³-hybridized carbons (Fsp3) is 1.00. The van der Waals surface area contributed by atoms with E-state index in [4.69, 9.17) is 0 Å². The fourth-order valence-electron chi connectivity index (χ4n) is 2.74. The summed E-state index contributed by atoms with van der Waals surface area (Å²) in [5.41, 5.74) is 0. The summed E-state index contributed by atoms with van der Waals surface area (Å²) in [7, 11) is 0. The van der Waals surface area contributed by atoms with Gasteiger partial charge in [0.05, 0.1) is 0 Å². The SMILES string of the molecule is [Li][C]12CCCC(CC1)C2. The van der Waals surface area contributed by atoms with Crippen molar-refractivity contribution < 1.29 is 0 Å². The van der Waals surface area contributed by atoms with Crippen molar-refractivity contribution in [1.29, 1.82) is 0 Å². The second-order valence-corrected chi connectivity index (χ2v) is 4.31. The predicted molar refractivity (Wildman–Crippen MR) is 39.6 cm³/mol. The molecule has 2 fully saturated rings. The van der Waals surface area contributed by atoms with Crippen LogP contribution in [0.2, 0.25) is 4.09 Å². The van der Waals surface area contributed by atoms with Gasteiger partial charge < -0.3 is 0 Å². The zero-order valence-corrected chi connectivity index (χ0v) is 6.32. The first-order chi connectivity index (χ1) is 4.29. The van der Waals surface area contributed by atoms with Crippen LogP contribution in [0.4, 0.5) is 0 Å². The van der Waals surface area contributed by atoms with Crippen LogP contribution in [0.5, 0.6) is 0 Å². The molecule has 2 aliphatic carbocycles. The zero-order chi connectivity index (χ0) is 6.32. The van der Waals surface area contributed by atoms with Gasteiger partial charge in [-0.15, -0.1) is 0 Å². The molecule has 2 aliphatic rings. The van der Waals surface area contributed by atoms with E-state index in [9.17, 15) is 0 Å². The summed E-state index contributed by atoms with van der Waals surface area (Å²) in [6, 6.07) is 0. The Morgan fingerprint density at radius 1 is 1.22 bits per heavy atom. The van der Waals surface area contributed by atoms with Crippen molar-refractivity contribution in [3.63, 3.8) is 0 Å². The molecule has 2 rings (SSSR count). The Balaban J connectivity index is 2.13. The normalized spacial score (nSPS) is 49.8. The van der Waals surface area contributed by atoms with Crippen molar-refractivity contribution in [3.8, 4) is 0 Å². The second-order valence-electron chi connectivity index (χ2n) is 4.31. The predicted octanol–water partition coefficient (Wildman–Crippen LogP) is 2.30. The average Bonchev–Trinajstić information content (AvgIpc) is 2.07. The molecule has 2 atom stereocenters. The van der Waals surface area contributed by atoms with E-state index in [1.54, 1.807) is 6.42 Å². The van der Waals surface area contributed by atoms with Gasteiger partial charge >= 0.3 is 66.2 Å². The summed E-state index contributed by atoms with van der Waals surface area (Å²) >= 11 is 2.48. The summed E-state index contributed by atoms with van der Waals surface area (Å²) in [5.74, 6) is 1.13. The third kappa shape index (κ3) is 1.08. The molecule has 9 heavy (non-hydrogen) atoms. The van der Waals surface area contributed by atoms with Crippen molar-refractivity contribution in [2.45, 2.75) is 42.6 Å². The minimum atomic E-state index is 0.795. The van der Waals surface area contributed by atoms with Crippen LogP contribution in [0.1, 0.15) is 38.5 Å². The zero-order valence-electron chi connectivity index (χ0n) is 6.32. The van der Waals surface area contributed by atoms with E-state index < -0.39 is 0 Å². The standard InChI is InChI=1S/C8H13.Li/c1-2-7-4-5-8(3-1)6-7;/h7H,1-6H2;. The first kappa shape index (κ1) is 6.32. The Bertz CT molecular complexity index is 118. The van der Waals surface area contributed by atoms with E-state index in [-0.39, 0.29) is 0 Å². The van der Waals surface area contributed by atoms with Crippen molar-refractivity contribution >= 4 is 17.7 Å². The minimum absolute atomic E-state index is 0.795. The number of rotatable bonds is 0. The molecule has 0 aromatic carbocycles. The van der Waals surface area contributed by atoms with E-state index in [1.165, 1.54) is 32.1 Å². The molecule has 0 saturated heterocycles. The van der Waals surface area contributed by atoms with Gasteiger partial charge in [-0.1, -0.05) is 0 Å². The molecule has 0 aromatic rings. The summed E-state index contributed by atoms with van der Waals surface area (Å²) in [4.78, 5) is 0. The van der Waals surface area contributed by atoms with Crippen LogP contribution in [-0.4, -0.2) is 17.7 Å². The molecule has 0 aromatic heterocycles. The quantitative estimate of drug-likeness (QED) is 0.426. The van der Waals surface area contributed by atoms with Crippen molar-refractivity contribution in [2.75, 3.05) is 0 Å². The Morgan fingerprint density at radius 2 is 2.11 bits per heavy atom. The molecule has 2 unspecified atom stereocenters. The maximum atomic E-state index is 2.48. The second kappa shape index (κ2) is 2.04. The van der Waals surface area contributed by atoms with E-state index in [2.05, 4.69) is 17.7 Å². The van der Waals surface area contributed by atoms with Crippen LogP contribution in [0, 0.1) is 5.92 Å². The fourth-order valence-corrected chi connectivity index (χ4v) is 2.74. The van der Waals surface area contributed by atoms with Gasteiger partial charge in [0, 0.05) is 0 Å². The maximum absolute atomic E-state index is 2.48. The van der Waals surface area contributed by atoms with E-state index in [0.717, 1.165) is 10.0 Å². The van der Waals surface area contributed by atoms with Gasteiger partial charge in [-0.25, -0.2) is 0 Å². The monoisotopic (exact) mass is 116 g/mol. The molecule has 2 bridgehead atoms. The molecule has 0 spiro atoms. The third-order valence-corrected chi connectivity index (χ3v) is 3.33. The van der Waals surface area contributed by atoms with Gasteiger partial charge in [-0.05, 0) is 0 Å². The number of hydrogen-bond acceptors (Lipinski definition) is 0. The van der Waals surface area contributed by atoms with Crippen LogP contribution in [0.15, 0.2) is 0 Å². The van der Waals surface area contributed by atoms with Gasteiger partial charge in [-0.3, -0.25) is 0 Å². The Morgan fingerprint density at radius 3 is 2.78 bits per heavy atom. The van der Waals surface area contributed by atoms with Gasteiger partial charge in [0.15, 0.2) is 0 Å². The Labute approximate surface area is 66.6 Å². The topological polar surface area (TPSA) is 0 Å². The molecular weight excluding hydrogens is 103 g/mol. The molecule has 2 saturated carbocycles. The first-order valence-corrected chi connectivity index (χ1v) is 4.29. The van der Waals surface area contributed by atoms with E-state index in [0.29, 0.717) is 0 Å². The van der Waals surface area contributed by atoms with Gasteiger partial charge in [0.2, 0.25) is 0 Å². The van der Waals surface area contributed by atoms with Gasteiger partial charge in [-0.2, -0.15) is 0 Å². The molecule has 0 nitrogen and oxygen atoms in total. The molecular formula is C8H13Li. The molecule has 46 valence electrons. The first-order valence-electron chi connectivity index (χ1n) is 4.29. The Hall–Kier alpha value is 0.597.